The topological polar surface area (TPSA) is 75.6 Å². The van der Waals surface area contributed by atoms with E-state index in [1.54, 1.807) is 6.26 Å². The Hall–Kier alpha value is -0.0700. The molecule has 1 aliphatic rings. The van der Waals surface area contributed by atoms with Crippen molar-refractivity contribution in [3.05, 3.63) is 12.3 Å². The quantitative estimate of drug-likeness (QED) is 0.374. The van der Waals surface area contributed by atoms with Crippen LogP contribution in [0.5, 0.6) is 0 Å². The van der Waals surface area contributed by atoms with Gasteiger partial charge in [0.1, 0.15) is 6.26 Å². The first kappa shape index (κ1) is 12.9. The monoisotopic (exact) mass is 243 g/mol. The molecule has 0 saturated carbocycles. The van der Waals surface area contributed by atoms with Gasteiger partial charge in [0.2, 0.25) is 0 Å². The molecule has 1 rings (SSSR count). The van der Waals surface area contributed by atoms with Gasteiger partial charge in [0, 0.05) is 14.1 Å². The predicted molar refractivity (Wildman–Crippen MR) is 56.6 cm³/mol. The molecule has 0 unspecified atom stereocenters. The molecule has 0 bridgehead atoms. The van der Waals surface area contributed by atoms with Crippen molar-refractivity contribution in [3.8, 4) is 0 Å². The number of hydrogen-bond donors (Lipinski definition) is 3. The molecular weight excluding hydrogens is 233 g/mol. The Morgan fingerprint density at radius 3 is 2.38 bits per heavy atom. The van der Waals surface area contributed by atoms with Crippen LogP contribution < -0.4 is 5.25 Å². The smallest absolute Gasteiger partial charge is 0.265 e. The molecule has 0 aromatic rings. The van der Waals surface area contributed by atoms with E-state index in [1.807, 2.05) is 11.9 Å². The minimum atomic E-state index is -3.75. The van der Waals surface area contributed by atoms with E-state index < -0.39 is 10.1 Å². The van der Waals surface area contributed by atoms with Crippen molar-refractivity contribution in [2.45, 2.75) is 0 Å². The maximum Gasteiger partial charge on any atom is 0.265 e. The molecule has 0 atom stereocenters. The van der Waals surface area contributed by atoms with Crippen molar-refractivity contribution in [1.29, 1.82) is 0 Å². The first-order valence-corrected chi connectivity index (χ1v) is 6.41. The SMILES string of the molecule is C1=CONP=C1.O=S(=O)(O)CCS. The van der Waals surface area contributed by atoms with Gasteiger partial charge >= 0.3 is 0 Å². The summed E-state index contributed by atoms with van der Waals surface area (Å²) >= 11 is 3.57. The summed E-state index contributed by atoms with van der Waals surface area (Å²) in [5.41, 5.74) is 0. The Labute approximate surface area is 84.1 Å². The third kappa shape index (κ3) is 11.9. The second-order valence-electron chi connectivity index (χ2n) is 1.83. The molecule has 0 radical (unpaired) electrons. The van der Waals surface area contributed by atoms with E-state index in [0.29, 0.717) is 0 Å². The molecule has 0 aromatic carbocycles. The summed E-state index contributed by atoms with van der Waals surface area (Å²) in [6.45, 7) is 0. The first-order valence-electron chi connectivity index (χ1n) is 3.21. The summed E-state index contributed by atoms with van der Waals surface area (Å²) in [4.78, 5) is 4.60. The molecule has 2 N–H and O–H groups in total. The van der Waals surface area contributed by atoms with Gasteiger partial charge in [-0.25, -0.2) is 0 Å². The van der Waals surface area contributed by atoms with Gasteiger partial charge in [-0.1, -0.05) is 0 Å². The Balaban J connectivity index is 0.000000223. The van der Waals surface area contributed by atoms with Crippen LogP contribution in [0.3, 0.4) is 0 Å². The van der Waals surface area contributed by atoms with Crippen LogP contribution >= 0.6 is 21.0 Å². The molecule has 0 spiro atoms. The molecule has 0 fully saturated rings. The maximum atomic E-state index is 9.74. The minimum absolute atomic E-state index is 0.166. The predicted octanol–water partition coefficient (Wildman–Crippen LogP) is 0.502. The Bertz CT molecular complexity index is 262. The van der Waals surface area contributed by atoms with Crippen molar-refractivity contribution in [2.24, 2.45) is 0 Å². The third-order valence-electron chi connectivity index (χ3n) is 0.762. The zero-order valence-electron chi connectivity index (χ0n) is 6.62. The van der Waals surface area contributed by atoms with Gasteiger partial charge in [-0.05, 0) is 11.9 Å². The molecule has 0 saturated heterocycles. The second-order valence-corrected chi connectivity index (χ2v) is 4.58. The van der Waals surface area contributed by atoms with Gasteiger partial charge < -0.3 is 4.84 Å². The van der Waals surface area contributed by atoms with Crippen LogP contribution in [0.25, 0.3) is 0 Å². The average molecular weight is 243 g/mol. The number of rotatable bonds is 2. The van der Waals surface area contributed by atoms with Gasteiger partial charge in [0.05, 0.1) is 5.75 Å². The van der Waals surface area contributed by atoms with Crippen molar-refractivity contribution in [1.82, 2.24) is 5.25 Å². The van der Waals surface area contributed by atoms with Gasteiger partial charge in [-0.15, -0.1) is 5.25 Å². The normalized spacial score (nSPS) is 15.5. The summed E-state index contributed by atoms with van der Waals surface area (Å²) < 4.78 is 27.4. The van der Waals surface area contributed by atoms with E-state index >= 15 is 0 Å². The van der Waals surface area contributed by atoms with Crippen LogP contribution in [0.4, 0.5) is 0 Å². The van der Waals surface area contributed by atoms with Crippen LogP contribution in [0.2, 0.25) is 0 Å². The van der Waals surface area contributed by atoms with Crippen LogP contribution in [0, 0.1) is 0 Å². The van der Waals surface area contributed by atoms with Crippen molar-refractivity contribution in [3.63, 3.8) is 0 Å². The fraction of sp³-hybridized carbons (Fsp3) is 0.400. The Morgan fingerprint density at radius 2 is 2.31 bits per heavy atom. The second kappa shape index (κ2) is 7.34. The van der Waals surface area contributed by atoms with E-state index in [2.05, 4.69) is 22.7 Å². The highest BCUT2D eigenvalue weighted by Crippen LogP contribution is 1.90. The maximum absolute atomic E-state index is 9.74. The summed E-state index contributed by atoms with van der Waals surface area (Å²) in [6.07, 6.45) is 3.44. The Morgan fingerprint density at radius 1 is 1.62 bits per heavy atom. The number of hydrogen-bond acceptors (Lipinski definition) is 5. The lowest BCUT2D eigenvalue weighted by molar-refractivity contribution is 0.212. The van der Waals surface area contributed by atoms with E-state index in [0.717, 1.165) is 8.35 Å². The molecular formula is C5H10NO4PS2. The molecule has 1 heterocycles. The lowest BCUT2D eigenvalue weighted by Gasteiger charge is -1.94. The lowest BCUT2D eigenvalue weighted by atomic mass is 10.7. The fourth-order valence-electron chi connectivity index (χ4n) is 0.324. The van der Waals surface area contributed by atoms with Gasteiger partial charge in [0.15, 0.2) is 0 Å². The molecule has 0 aromatic heterocycles. The van der Waals surface area contributed by atoms with Gasteiger partial charge in [0.25, 0.3) is 10.1 Å². The van der Waals surface area contributed by atoms with Crippen LogP contribution in [0.15, 0.2) is 12.3 Å². The van der Waals surface area contributed by atoms with Gasteiger partial charge in [-0.2, -0.15) is 21.0 Å². The summed E-state index contributed by atoms with van der Waals surface area (Å²) in [5.74, 6) is 1.85. The summed E-state index contributed by atoms with van der Waals surface area (Å²) in [5, 5.41) is 2.61. The number of allylic oxidation sites excluding steroid dienone is 1. The number of nitrogens with one attached hydrogen (secondary N) is 1. The summed E-state index contributed by atoms with van der Waals surface area (Å²) in [7, 11) is -2.74. The van der Waals surface area contributed by atoms with Gasteiger partial charge in [-0.3, -0.25) is 4.55 Å². The highest BCUT2D eigenvalue weighted by Gasteiger charge is 1.98. The van der Waals surface area contributed by atoms with Crippen molar-refractivity contribution < 1.29 is 17.8 Å². The molecule has 0 aliphatic carbocycles. The zero-order chi connectivity index (χ0) is 10.2. The van der Waals surface area contributed by atoms with E-state index in [-0.39, 0.29) is 11.5 Å². The highest BCUT2D eigenvalue weighted by molar-refractivity contribution is 7.87. The largest absolute Gasteiger partial charge is 0.408 e. The van der Waals surface area contributed by atoms with E-state index in [9.17, 15) is 8.42 Å². The van der Waals surface area contributed by atoms with Crippen molar-refractivity contribution >= 4 is 36.9 Å². The van der Waals surface area contributed by atoms with E-state index in [4.69, 9.17) is 4.55 Å². The summed E-state index contributed by atoms with van der Waals surface area (Å²) in [6, 6.07) is 0. The molecule has 5 nitrogen and oxygen atoms in total. The van der Waals surface area contributed by atoms with Crippen LogP contribution in [-0.2, 0) is 15.0 Å². The Kier molecular flexibility index (Phi) is 7.31. The molecule has 8 heteroatoms. The molecule has 76 valence electrons. The third-order valence-corrected chi connectivity index (χ3v) is 2.54. The molecule has 13 heavy (non-hydrogen) atoms. The van der Waals surface area contributed by atoms with Crippen LogP contribution in [0.1, 0.15) is 0 Å². The van der Waals surface area contributed by atoms with Crippen molar-refractivity contribution in [2.75, 3.05) is 11.5 Å². The van der Waals surface area contributed by atoms with Crippen LogP contribution in [-0.4, -0.2) is 30.3 Å². The molecule has 1 aliphatic heterocycles. The standard InChI is InChI=1S/C3H4NOP.C2H6O3S2/c1-2-5-4-6-3-1;3-7(4,5)2-1-6/h1-4H;6H,1-2H2,(H,3,4,5). The highest BCUT2D eigenvalue weighted by atomic mass is 32.2. The molecule has 0 amide bonds. The first-order chi connectivity index (χ1) is 6.06. The minimum Gasteiger partial charge on any atom is -0.408 e. The average Bonchev–Trinajstić information content (AvgIpc) is 2.06. The van der Waals surface area contributed by atoms with E-state index in [1.165, 1.54) is 0 Å². The lowest BCUT2D eigenvalue weighted by Crippen LogP contribution is -2.03. The zero-order valence-corrected chi connectivity index (χ0v) is 9.23. The number of thiol groups is 1. The fourth-order valence-corrected chi connectivity index (χ4v) is 1.59.